The van der Waals surface area contributed by atoms with Crippen molar-refractivity contribution in [1.29, 1.82) is 0 Å². The molecule has 1 amide bonds. The topological polar surface area (TPSA) is 61.6 Å². The molecule has 1 atom stereocenters. The van der Waals surface area contributed by atoms with Crippen LogP contribution in [0.2, 0.25) is 0 Å². The predicted octanol–water partition coefficient (Wildman–Crippen LogP) is 0.525. The van der Waals surface area contributed by atoms with Crippen LogP contribution in [0.1, 0.15) is 6.92 Å². The molecule has 1 unspecified atom stereocenters. The highest BCUT2D eigenvalue weighted by atomic mass is 16.2. The smallest absolute Gasteiger partial charge is 0.243 e. The van der Waals surface area contributed by atoms with Gasteiger partial charge in [0.25, 0.3) is 0 Å². The summed E-state index contributed by atoms with van der Waals surface area (Å²) >= 11 is 0. The Bertz CT molecular complexity index is 426. The van der Waals surface area contributed by atoms with Gasteiger partial charge in [0.2, 0.25) is 5.91 Å². The first-order valence-corrected chi connectivity index (χ1v) is 6.67. The summed E-state index contributed by atoms with van der Waals surface area (Å²) in [5.41, 5.74) is 7.25. The van der Waals surface area contributed by atoms with E-state index in [1.165, 1.54) is 0 Å². The molecule has 5 heteroatoms. The summed E-state index contributed by atoms with van der Waals surface area (Å²) in [6.45, 7) is 5.71. The van der Waals surface area contributed by atoms with Crippen molar-refractivity contribution in [3.63, 3.8) is 0 Å². The quantitative estimate of drug-likeness (QED) is 0.780. The van der Waals surface area contributed by atoms with Crippen LogP contribution in [-0.2, 0) is 4.79 Å². The second kappa shape index (κ2) is 6.04. The van der Waals surface area contributed by atoms with Crippen molar-refractivity contribution in [1.82, 2.24) is 10.2 Å². The van der Waals surface area contributed by atoms with Crippen molar-refractivity contribution in [3.8, 4) is 0 Å². The molecular formula is C14H22N4O. The standard InChI is InChI=1S/C14H22N4O/c1-11(18-9-7-16-8-10-18)14(19)17(2)13-5-3-12(15)4-6-13/h3-6,11,16H,7-10,15H2,1-2H3. The van der Waals surface area contributed by atoms with Crippen LogP contribution in [0, 0.1) is 0 Å². The molecule has 0 radical (unpaired) electrons. The third kappa shape index (κ3) is 3.24. The van der Waals surface area contributed by atoms with Crippen molar-refractivity contribution in [2.45, 2.75) is 13.0 Å². The van der Waals surface area contributed by atoms with Crippen LogP contribution in [0.5, 0.6) is 0 Å². The number of anilines is 2. The number of hydrogen-bond donors (Lipinski definition) is 2. The van der Waals surface area contributed by atoms with E-state index in [2.05, 4.69) is 10.2 Å². The number of nitrogen functional groups attached to an aromatic ring is 1. The van der Waals surface area contributed by atoms with Gasteiger partial charge in [-0.3, -0.25) is 9.69 Å². The maximum atomic E-state index is 12.5. The number of piperazine rings is 1. The number of carbonyl (C=O) groups excluding carboxylic acids is 1. The zero-order valence-electron chi connectivity index (χ0n) is 11.6. The summed E-state index contributed by atoms with van der Waals surface area (Å²) in [5, 5.41) is 3.30. The summed E-state index contributed by atoms with van der Waals surface area (Å²) in [5.74, 6) is 0.117. The van der Waals surface area contributed by atoms with Gasteiger partial charge < -0.3 is 16.0 Å². The van der Waals surface area contributed by atoms with E-state index in [-0.39, 0.29) is 11.9 Å². The lowest BCUT2D eigenvalue weighted by molar-refractivity contribution is -0.123. The first kappa shape index (κ1) is 13.8. The molecule has 1 aromatic rings. The molecule has 1 aromatic carbocycles. The van der Waals surface area contributed by atoms with Gasteiger partial charge in [-0.25, -0.2) is 0 Å². The Morgan fingerprint density at radius 3 is 2.47 bits per heavy atom. The molecule has 3 N–H and O–H groups in total. The van der Waals surface area contributed by atoms with Crippen molar-refractivity contribution >= 4 is 17.3 Å². The van der Waals surface area contributed by atoms with E-state index in [9.17, 15) is 4.79 Å². The number of hydrogen-bond acceptors (Lipinski definition) is 4. The van der Waals surface area contributed by atoms with Gasteiger partial charge in [0.1, 0.15) is 0 Å². The van der Waals surface area contributed by atoms with E-state index < -0.39 is 0 Å². The fourth-order valence-electron chi connectivity index (χ4n) is 2.33. The van der Waals surface area contributed by atoms with E-state index in [1.54, 1.807) is 4.90 Å². The van der Waals surface area contributed by atoms with Gasteiger partial charge in [-0.2, -0.15) is 0 Å². The molecule has 1 heterocycles. The Kier molecular flexibility index (Phi) is 4.39. The zero-order valence-corrected chi connectivity index (χ0v) is 11.6. The van der Waals surface area contributed by atoms with Crippen LogP contribution in [0.4, 0.5) is 11.4 Å². The minimum absolute atomic E-state index is 0.0929. The Morgan fingerprint density at radius 2 is 1.89 bits per heavy atom. The fraction of sp³-hybridized carbons (Fsp3) is 0.500. The Balaban J connectivity index is 2.03. The van der Waals surface area contributed by atoms with Gasteiger partial charge in [0, 0.05) is 44.6 Å². The number of amides is 1. The number of nitrogens with one attached hydrogen (secondary N) is 1. The second-order valence-electron chi connectivity index (χ2n) is 4.95. The fourth-order valence-corrected chi connectivity index (χ4v) is 2.33. The summed E-state index contributed by atoms with van der Waals surface area (Å²) in [4.78, 5) is 16.4. The molecule has 104 valence electrons. The number of rotatable bonds is 3. The molecule has 0 bridgehead atoms. The molecule has 5 nitrogen and oxygen atoms in total. The van der Waals surface area contributed by atoms with Crippen molar-refractivity contribution in [2.24, 2.45) is 0 Å². The predicted molar refractivity (Wildman–Crippen MR) is 78.2 cm³/mol. The monoisotopic (exact) mass is 262 g/mol. The van der Waals surface area contributed by atoms with Crippen LogP contribution in [0.25, 0.3) is 0 Å². The second-order valence-corrected chi connectivity index (χ2v) is 4.95. The minimum Gasteiger partial charge on any atom is -0.399 e. The van der Waals surface area contributed by atoms with E-state index in [0.29, 0.717) is 5.69 Å². The summed E-state index contributed by atoms with van der Waals surface area (Å²) in [6, 6.07) is 7.28. The number of nitrogens with zero attached hydrogens (tertiary/aromatic N) is 2. The van der Waals surface area contributed by atoms with Crippen molar-refractivity contribution in [3.05, 3.63) is 24.3 Å². The highest BCUT2D eigenvalue weighted by molar-refractivity contribution is 5.96. The first-order valence-electron chi connectivity index (χ1n) is 6.67. The maximum Gasteiger partial charge on any atom is 0.243 e. The summed E-state index contributed by atoms with van der Waals surface area (Å²) in [6.07, 6.45) is 0. The average molecular weight is 262 g/mol. The SMILES string of the molecule is CC(C(=O)N(C)c1ccc(N)cc1)N1CCNCC1. The Hall–Kier alpha value is -1.59. The van der Waals surface area contributed by atoms with Crippen LogP contribution >= 0.6 is 0 Å². The highest BCUT2D eigenvalue weighted by Crippen LogP contribution is 2.17. The molecule has 0 saturated carbocycles. The molecular weight excluding hydrogens is 240 g/mol. The van der Waals surface area contributed by atoms with Gasteiger partial charge in [-0.1, -0.05) is 0 Å². The van der Waals surface area contributed by atoms with Gasteiger partial charge in [0.05, 0.1) is 6.04 Å². The lowest BCUT2D eigenvalue weighted by Crippen LogP contribution is -2.53. The molecule has 2 rings (SSSR count). The molecule has 1 fully saturated rings. The summed E-state index contributed by atoms with van der Waals surface area (Å²) < 4.78 is 0. The van der Waals surface area contributed by atoms with Gasteiger partial charge in [-0.15, -0.1) is 0 Å². The highest BCUT2D eigenvalue weighted by Gasteiger charge is 2.25. The molecule has 1 aliphatic heterocycles. The normalized spacial score (nSPS) is 18.0. The third-order valence-electron chi connectivity index (χ3n) is 3.67. The van der Waals surface area contributed by atoms with Gasteiger partial charge in [-0.05, 0) is 31.2 Å². The van der Waals surface area contributed by atoms with E-state index in [1.807, 2.05) is 38.2 Å². The van der Waals surface area contributed by atoms with E-state index in [4.69, 9.17) is 5.73 Å². The van der Waals surface area contributed by atoms with Crippen LogP contribution in [-0.4, -0.2) is 50.1 Å². The lowest BCUT2D eigenvalue weighted by Gasteiger charge is -2.34. The van der Waals surface area contributed by atoms with E-state index in [0.717, 1.165) is 31.9 Å². The lowest BCUT2D eigenvalue weighted by atomic mass is 10.2. The molecule has 1 saturated heterocycles. The largest absolute Gasteiger partial charge is 0.399 e. The number of nitrogens with two attached hydrogens (primary N) is 1. The van der Waals surface area contributed by atoms with Gasteiger partial charge in [0.15, 0.2) is 0 Å². The van der Waals surface area contributed by atoms with E-state index >= 15 is 0 Å². The van der Waals surface area contributed by atoms with Crippen LogP contribution < -0.4 is 16.0 Å². The minimum atomic E-state index is -0.0929. The molecule has 1 aliphatic rings. The van der Waals surface area contributed by atoms with Crippen LogP contribution in [0.3, 0.4) is 0 Å². The van der Waals surface area contributed by atoms with Crippen molar-refractivity contribution in [2.75, 3.05) is 43.9 Å². The number of carbonyl (C=O) groups is 1. The molecule has 0 spiro atoms. The Morgan fingerprint density at radius 1 is 1.32 bits per heavy atom. The molecule has 0 aliphatic carbocycles. The zero-order chi connectivity index (χ0) is 13.8. The molecule has 19 heavy (non-hydrogen) atoms. The number of likely N-dealkylation sites (N-methyl/N-ethyl adjacent to an activating group) is 1. The van der Waals surface area contributed by atoms with Crippen molar-refractivity contribution < 1.29 is 4.79 Å². The summed E-state index contributed by atoms with van der Waals surface area (Å²) in [7, 11) is 1.81. The Labute approximate surface area is 114 Å². The third-order valence-corrected chi connectivity index (χ3v) is 3.67. The first-order chi connectivity index (χ1) is 9.09. The maximum absolute atomic E-state index is 12.5. The number of benzene rings is 1. The van der Waals surface area contributed by atoms with Gasteiger partial charge >= 0.3 is 0 Å². The molecule has 0 aromatic heterocycles. The average Bonchev–Trinajstić information content (AvgIpc) is 2.46. The van der Waals surface area contributed by atoms with Crippen LogP contribution in [0.15, 0.2) is 24.3 Å².